The summed E-state index contributed by atoms with van der Waals surface area (Å²) in [5.74, 6) is -0.138. The van der Waals surface area contributed by atoms with Gasteiger partial charge in [0, 0.05) is 6.20 Å². The fourth-order valence-electron chi connectivity index (χ4n) is 1.82. The second-order valence-corrected chi connectivity index (χ2v) is 3.87. The summed E-state index contributed by atoms with van der Waals surface area (Å²) in [6.07, 6.45) is 1.82. The van der Waals surface area contributed by atoms with Gasteiger partial charge in [-0.25, -0.2) is 4.79 Å². The number of nitrogens with zero attached hydrogens (tertiary/aromatic N) is 2. The molecule has 1 aromatic rings. The molecule has 0 N–H and O–H groups in total. The van der Waals surface area contributed by atoms with Crippen molar-refractivity contribution in [2.45, 2.75) is 32.6 Å². The molecular weight excluding hydrogens is 244 g/mol. The molecule has 0 aliphatic carbocycles. The minimum absolute atomic E-state index is 0.221. The van der Waals surface area contributed by atoms with E-state index in [0.29, 0.717) is 18.1 Å². The van der Waals surface area contributed by atoms with Gasteiger partial charge in [-0.1, -0.05) is 6.92 Å². The zero-order valence-corrected chi connectivity index (χ0v) is 11.5. The van der Waals surface area contributed by atoms with Crippen molar-refractivity contribution in [1.29, 1.82) is 5.26 Å². The number of rotatable bonds is 6. The molecule has 19 heavy (non-hydrogen) atoms. The third-order valence-corrected chi connectivity index (χ3v) is 2.82. The summed E-state index contributed by atoms with van der Waals surface area (Å²) in [6, 6.07) is 5.45. The molecule has 1 rings (SSSR count). The molecule has 0 saturated heterocycles. The van der Waals surface area contributed by atoms with Crippen LogP contribution in [0.3, 0.4) is 0 Å². The minimum atomic E-state index is -1.41. The lowest BCUT2D eigenvalue weighted by atomic mass is 9.82. The van der Waals surface area contributed by atoms with Crippen LogP contribution in [0.1, 0.15) is 32.9 Å². The average molecular weight is 262 g/mol. The van der Waals surface area contributed by atoms with Crippen LogP contribution in [0, 0.1) is 11.3 Å². The maximum Gasteiger partial charge on any atom is 0.332 e. The standard InChI is InChI=1S/C14H18N2O3/c1-4-14(10-15,13(17)19-6-3)12-11(18-5-2)8-7-9-16-12/h7-9H,4-6H2,1-3H3. The molecule has 0 bridgehead atoms. The summed E-state index contributed by atoms with van der Waals surface area (Å²) in [5, 5.41) is 9.47. The highest BCUT2D eigenvalue weighted by atomic mass is 16.5. The molecule has 0 radical (unpaired) electrons. The van der Waals surface area contributed by atoms with E-state index in [0.717, 1.165) is 0 Å². The molecule has 0 saturated carbocycles. The number of carbonyl (C=O) groups excluding carboxylic acids is 1. The van der Waals surface area contributed by atoms with Gasteiger partial charge in [-0.3, -0.25) is 4.98 Å². The van der Waals surface area contributed by atoms with Crippen LogP contribution >= 0.6 is 0 Å². The van der Waals surface area contributed by atoms with Crippen molar-refractivity contribution in [1.82, 2.24) is 4.98 Å². The second kappa shape index (κ2) is 6.74. The number of hydrogen-bond acceptors (Lipinski definition) is 5. The van der Waals surface area contributed by atoms with E-state index in [1.165, 1.54) is 0 Å². The first-order valence-electron chi connectivity index (χ1n) is 6.33. The van der Waals surface area contributed by atoms with E-state index in [4.69, 9.17) is 9.47 Å². The first-order chi connectivity index (χ1) is 9.16. The van der Waals surface area contributed by atoms with E-state index < -0.39 is 11.4 Å². The Morgan fingerprint density at radius 3 is 2.68 bits per heavy atom. The number of carbonyl (C=O) groups is 1. The van der Waals surface area contributed by atoms with Gasteiger partial charge in [0.15, 0.2) is 5.41 Å². The summed E-state index contributed by atoms with van der Waals surface area (Å²) in [7, 11) is 0. The van der Waals surface area contributed by atoms with Crippen molar-refractivity contribution in [2.75, 3.05) is 13.2 Å². The fourth-order valence-corrected chi connectivity index (χ4v) is 1.82. The van der Waals surface area contributed by atoms with Gasteiger partial charge in [0.1, 0.15) is 11.4 Å². The zero-order chi connectivity index (χ0) is 14.3. The van der Waals surface area contributed by atoms with E-state index in [1.54, 1.807) is 32.2 Å². The Bertz CT molecular complexity index is 482. The molecule has 0 aliphatic heterocycles. The summed E-state index contributed by atoms with van der Waals surface area (Å²) in [4.78, 5) is 16.3. The fraction of sp³-hybridized carbons (Fsp3) is 0.500. The van der Waals surface area contributed by atoms with Gasteiger partial charge >= 0.3 is 5.97 Å². The van der Waals surface area contributed by atoms with Gasteiger partial charge in [-0.15, -0.1) is 0 Å². The molecule has 1 atom stereocenters. The van der Waals surface area contributed by atoms with Crippen LogP contribution in [0.15, 0.2) is 18.3 Å². The van der Waals surface area contributed by atoms with Crippen LogP contribution in [-0.4, -0.2) is 24.2 Å². The van der Waals surface area contributed by atoms with Crippen molar-refractivity contribution >= 4 is 5.97 Å². The van der Waals surface area contributed by atoms with Gasteiger partial charge in [-0.2, -0.15) is 5.26 Å². The quantitative estimate of drug-likeness (QED) is 0.735. The Hall–Kier alpha value is -2.09. The van der Waals surface area contributed by atoms with Gasteiger partial charge in [0.2, 0.25) is 0 Å². The lowest BCUT2D eigenvalue weighted by Crippen LogP contribution is -2.37. The van der Waals surface area contributed by atoms with Gasteiger partial charge in [0.05, 0.1) is 19.3 Å². The predicted octanol–water partition coefficient (Wildman–Crippen LogP) is 2.21. The Labute approximate surface area is 113 Å². The number of hydrogen-bond donors (Lipinski definition) is 0. The lowest BCUT2D eigenvalue weighted by molar-refractivity contribution is -0.148. The molecule has 0 aliphatic rings. The van der Waals surface area contributed by atoms with Gasteiger partial charge < -0.3 is 9.47 Å². The van der Waals surface area contributed by atoms with Crippen LogP contribution in [0.4, 0.5) is 0 Å². The lowest BCUT2D eigenvalue weighted by Gasteiger charge is -2.24. The molecule has 5 nitrogen and oxygen atoms in total. The Morgan fingerprint density at radius 2 is 2.16 bits per heavy atom. The normalized spacial score (nSPS) is 13.2. The number of ether oxygens (including phenoxy) is 2. The average Bonchev–Trinajstić information content (AvgIpc) is 2.43. The Morgan fingerprint density at radius 1 is 1.42 bits per heavy atom. The molecule has 1 aromatic heterocycles. The van der Waals surface area contributed by atoms with Crippen LogP contribution in [-0.2, 0) is 14.9 Å². The molecule has 0 fully saturated rings. The zero-order valence-electron chi connectivity index (χ0n) is 11.5. The monoisotopic (exact) mass is 262 g/mol. The van der Waals surface area contributed by atoms with Crippen LogP contribution in [0.2, 0.25) is 0 Å². The number of esters is 1. The van der Waals surface area contributed by atoms with Crippen LogP contribution < -0.4 is 4.74 Å². The van der Waals surface area contributed by atoms with E-state index >= 15 is 0 Å². The van der Waals surface area contributed by atoms with E-state index in [9.17, 15) is 10.1 Å². The largest absolute Gasteiger partial charge is 0.492 e. The molecule has 0 aromatic carbocycles. The van der Waals surface area contributed by atoms with Crippen molar-refractivity contribution in [3.8, 4) is 11.8 Å². The molecule has 1 unspecified atom stereocenters. The first kappa shape index (κ1) is 15.0. The van der Waals surface area contributed by atoms with E-state index in [2.05, 4.69) is 4.98 Å². The minimum Gasteiger partial charge on any atom is -0.492 e. The first-order valence-corrected chi connectivity index (χ1v) is 6.33. The molecule has 5 heteroatoms. The Balaban J connectivity index is 3.34. The highest BCUT2D eigenvalue weighted by Gasteiger charge is 2.44. The highest BCUT2D eigenvalue weighted by molar-refractivity contribution is 5.87. The second-order valence-electron chi connectivity index (χ2n) is 3.87. The van der Waals surface area contributed by atoms with E-state index in [1.807, 2.05) is 13.0 Å². The summed E-state index contributed by atoms with van der Waals surface area (Å²) in [5.41, 5.74) is -1.10. The highest BCUT2D eigenvalue weighted by Crippen LogP contribution is 2.34. The van der Waals surface area contributed by atoms with Gasteiger partial charge in [0.25, 0.3) is 0 Å². The number of aromatic nitrogens is 1. The summed E-state index contributed by atoms with van der Waals surface area (Å²) >= 11 is 0. The summed E-state index contributed by atoms with van der Waals surface area (Å²) in [6.45, 7) is 5.95. The maximum atomic E-state index is 12.1. The smallest absolute Gasteiger partial charge is 0.332 e. The molecule has 0 amide bonds. The Kier molecular flexibility index (Phi) is 5.31. The molecule has 1 heterocycles. The van der Waals surface area contributed by atoms with Crippen LogP contribution in [0.25, 0.3) is 0 Å². The molecular formula is C14H18N2O3. The van der Waals surface area contributed by atoms with Gasteiger partial charge in [-0.05, 0) is 32.4 Å². The van der Waals surface area contributed by atoms with Crippen LogP contribution in [0.5, 0.6) is 5.75 Å². The summed E-state index contributed by atoms with van der Waals surface area (Å²) < 4.78 is 10.5. The van der Waals surface area contributed by atoms with Crippen molar-refractivity contribution < 1.29 is 14.3 Å². The topological polar surface area (TPSA) is 72.2 Å². The van der Waals surface area contributed by atoms with Crippen molar-refractivity contribution in [3.05, 3.63) is 24.0 Å². The maximum absolute atomic E-state index is 12.1. The number of pyridine rings is 1. The predicted molar refractivity (Wildman–Crippen MR) is 69.6 cm³/mol. The third kappa shape index (κ3) is 2.84. The molecule has 102 valence electrons. The van der Waals surface area contributed by atoms with E-state index in [-0.39, 0.29) is 13.0 Å². The number of nitriles is 1. The van der Waals surface area contributed by atoms with Crippen molar-refractivity contribution in [2.24, 2.45) is 0 Å². The van der Waals surface area contributed by atoms with Crippen molar-refractivity contribution in [3.63, 3.8) is 0 Å². The SMILES string of the molecule is CCOC(=O)C(C#N)(CC)c1ncccc1OCC. The molecule has 0 spiro atoms. The third-order valence-electron chi connectivity index (χ3n) is 2.82.